The van der Waals surface area contributed by atoms with Gasteiger partial charge in [-0.1, -0.05) is 17.3 Å². The summed E-state index contributed by atoms with van der Waals surface area (Å²) in [5.41, 5.74) is 0.122. The van der Waals surface area contributed by atoms with Crippen LogP contribution in [0.5, 0.6) is 5.75 Å². The van der Waals surface area contributed by atoms with Crippen LogP contribution in [0.3, 0.4) is 0 Å². The fourth-order valence-corrected chi connectivity index (χ4v) is 2.41. The van der Waals surface area contributed by atoms with Crippen LogP contribution in [0.25, 0.3) is 10.8 Å². The number of carbonyl (C=O) groups excluding carboxylic acids is 2. The van der Waals surface area contributed by atoms with E-state index in [1.165, 1.54) is 25.1 Å². The van der Waals surface area contributed by atoms with Crippen molar-refractivity contribution in [2.24, 2.45) is 0 Å². The number of benzene rings is 1. The first-order valence-corrected chi connectivity index (χ1v) is 7.95. The number of ether oxygens (including phenoxy) is 1. The largest absolute Gasteiger partial charge is 0.485 e. The molecule has 3 aromatic rings. The maximum absolute atomic E-state index is 12.2. The lowest BCUT2D eigenvalue weighted by Gasteiger charge is -2.13. The molecule has 0 saturated carbocycles. The SMILES string of the molecule is CNC(=O)CN(C)C(=O)c1cc(COc2cccc3cnccc23)on1. The summed E-state index contributed by atoms with van der Waals surface area (Å²) in [6, 6.07) is 9.05. The highest BCUT2D eigenvalue weighted by molar-refractivity contribution is 5.94. The molecule has 134 valence electrons. The van der Waals surface area contributed by atoms with Crippen LogP contribution in [0.2, 0.25) is 0 Å². The molecule has 26 heavy (non-hydrogen) atoms. The number of hydrogen-bond donors (Lipinski definition) is 1. The van der Waals surface area contributed by atoms with E-state index in [0.29, 0.717) is 11.5 Å². The number of amides is 2. The predicted octanol–water partition coefficient (Wildman–Crippen LogP) is 1.62. The number of likely N-dealkylation sites (N-methyl/N-ethyl adjacent to an activating group) is 2. The lowest BCUT2D eigenvalue weighted by Crippen LogP contribution is -2.37. The predicted molar refractivity (Wildman–Crippen MR) is 93.6 cm³/mol. The summed E-state index contributed by atoms with van der Waals surface area (Å²) in [5, 5.41) is 8.12. The smallest absolute Gasteiger partial charge is 0.276 e. The second-order valence-corrected chi connectivity index (χ2v) is 5.65. The molecule has 2 amide bonds. The molecule has 0 bridgehead atoms. The van der Waals surface area contributed by atoms with Crippen LogP contribution < -0.4 is 10.1 Å². The molecule has 1 aromatic carbocycles. The Morgan fingerprint density at radius 2 is 2.15 bits per heavy atom. The molecule has 1 N–H and O–H groups in total. The van der Waals surface area contributed by atoms with Crippen molar-refractivity contribution in [3.05, 3.63) is 54.2 Å². The first-order chi connectivity index (χ1) is 12.6. The van der Waals surface area contributed by atoms with Gasteiger partial charge in [0, 0.05) is 43.3 Å². The Morgan fingerprint density at radius 1 is 1.31 bits per heavy atom. The van der Waals surface area contributed by atoms with E-state index < -0.39 is 5.91 Å². The van der Waals surface area contributed by atoms with Crippen LogP contribution >= 0.6 is 0 Å². The minimum Gasteiger partial charge on any atom is -0.485 e. The highest BCUT2D eigenvalue weighted by Crippen LogP contribution is 2.25. The molecular formula is C18H18N4O4. The third kappa shape index (κ3) is 3.80. The number of fused-ring (bicyclic) bond motifs is 1. The van der Waals surface area contributed by atoms with Gasteiger partial charge in [0.25, 0.3) is 5.91 Å². The molecule has 0 fully saturated rings. The number of pyridine rings is 1. The van der Waals surface area contributed by atoms with Crippen molar-refractivity contribution in [3.63, 3.8) is 0 Å². The molecular weight excluding hydrogens is 336 g/mol. The van der Waals surface area contributed by atoms with Crippen LogP contribution in [0, 0.1) is 0 Å². The summed E-state index contributed by atoms with van der Waals surface area (Å²) in [6.45, 7) is 0.0684. The van der Waals surface area contributed by atoms with Crippen molar-refractivity contribution in [3.8, 4) is 5.75 Å². The third-order valence-corrected chi connectivity index (χ3v) is 3.80. The Balaban J connectivity index is 1.67. The minimum atomic E-state index is -0.403. The van der Waals surface area contributed by atoms with Crippen molar-refractivity contribution in [2.45, 2.75) is 6.61 Å². The van der Waals surface area contributed by atoms with Crippen molar-refractivity contribution < 1.29 is 18.8 Å². The average molecular weight is 354 g/mol. The molecule has 0 saturated heterocycles. The molecule has 2 aromatic heterocycles. The molecule has 0 unspecified atom stereocenters. The maximum Gasteiger partial charge on any atom is 0.276 e. The Labute approximate surface area is 149 Å². The lowest BCUT2D eigenvalue weighted by atomic mass is 10.1. The van der Waals surface area contributed by atoms with Crippen LogP contribution in [-0.4, -0.2) is 47.5 Å². The first-order valence-electron chi connectivity index (χ1n) is 7.95. The Morgan fingerprint density at radius 3 is 2.96 bits per heavy atom. The van der Waals surface area contributed by atoms with Gasteiger partial charge in [-0.3, -0.25) is 14.6 Å². The van der Waals surface area contributed by atoms with E-state index in [9.17, 15) is 9.59 Å². The number of rotatable bonds is 6. The van der Waals surface area contributed by atoms with Crippen LogP contribution in [0.4, 0.5) is 0 Å². The topological polar surface area (TPSA) is 97.6 Å². The fourth-order valence-electron chi connectivity index (χ4n) is 2.41. The summed E-state index contributed by atoms with van der Waals surface area (Å²) in [5.74, 6) is 0.428. The van der Waals surface area contributed by atoms with Crippen LogP contribution in [0.1, 0.15) is 16.2 Å². The van der Waals surface area contributed by atoms with E-state index >= 15 is 0 Å². The molecule has 0 atom stereocenters. The zero-order valence-corrected chi connectivity index (χ0v) is 14.4. The molecule has 0 aliphatic rings. The summed E-state index contributed by atoms with van der Waals surface area (Å²) >= 11 is 0. The standard InChI is InChI=1S/C18H18N4O4/c1-19-17(23)10-22(2)18(24)15-8-13(26-21-15)11-25-16-5-3-4-12-9-20-7-6-14(12)16/h3-9H,10-11H2,1-2H3,(H,19,23). The van der Waals surface area contributed by atoms with Gasteiger partial charge >= 0.3 is 0 Å². The number of nitrogens with one attached hydrogen (secondary N) is 1. The maximum atomic E-state index is 12.2. The van der Waals surface area contributed by atoms with Crippen molar-refractivity contribution in [1.82, 2.24) is 20.4 Å². The lowest BCUT2D eigenvalue weighted by molar-refractivity contribution is -0.121. The van der Waals surface area contributed by atoms with E-state index in [1.807, 2.05) is 24.3 Å². The molecule has 3 rings (SSSR count). The van der Waals surface area contributed by atoms with Gasteiger partial charge in [-0.15, -0.1) is 0 Å². The van der Waals surface area contributed by atoms with Crippen molar-refractivity contribution in [1.29, 1.82) is 0 Å². The second-order valence-electron chi connectivity index (χ2n) is 5.65. The third-order valence-electron chi connectivity index (χ3n) is 3.80. The molecule has 0 spiro atoms. The monoisotopic (exact) mass is 354 g/mol. The number of nitrogens with zero attached hydrogens (tertiary/aromatic N) is 3. The van der Waals surface area contributed by atoms with Gasteiger partial charge in [0.2, 0.25) is 5.91 Å². The highest BCUT2D eigenvalue weighted by atomic mass is 16.5. The minimum absolute atomic E-state index is 0.0575. The zero-order valence-electron chi connectivity index (χ0n) is 14.4. The quantitative estimate of drug-likeness (QED) is 0.722. The number of aromatic nitrogens is 2. The molecule has 2 heterocycles. The van der Waals surface area contributed by atoms with E-state index in [2.05, 4.69) is 15.5 Å². The molecule has 0 aliphatic heterocycles. The van der Waals surface area contributed by atoms with Gasteiger partial charge in [0.05, 0.1) is 6.54 Å². The molecule has 8 heteroatoms. The highest BCUT2D eigenvalue weighted by Gasteiger charge is 2.19. The van der Waals surface area contributed by atoms with Crippen LogP contribution in [0.15, 0.2) is 47.2 Å². The summed E-state index contributed by atoms with van der Waals surface area (Å²) < 4.78 is 11.0. The van der Waals surface area contributed by atoms with E-state index in [4.69, 9.17) is 9.26 Å². The second kappa shape index (κ2) is 7.64. The van der Waals surface area contributed by atoms with Crippen molar-refractivity contribution >= 4 is 22.6 Å². The van der Waals surface area contributed by atoms with E-state index in [-0.39, 0.29) is 24.8 Å². The van der Waals surface area contributed by atoms with E-state index in [0.717, 1.165) is 10.8 Å². The van der Waals surface area contributed by atoms with Gasteiger partial charge in [-0.2, -0.15) is 0 Å². The van der Waals surface area contributed by atoms with Crippen molar-refractivity contribution in [2.75, 3.05) is 20.6 Å². The molecule has 0 radical (unpaired) electrons. The summed E-state index contributed by atoms with van der Waals surface area (Å²) in [7, 11) is 3.03. The summed E-state index contributed by atoms with van der Waals surface area (Å²) in [4.78, 5) is 28.9. The van der Waals surface area contributed by atoms with Gasteiger partial charge in [-0.25, -0.2) is 0 Å². The Hall–Kier alpha value is -3.42. The average Bonchev–Trinajstić information content (AvgIpc) is 3.14. The molecule has 8 nitrogen and oxygen atoms in total. The molecule has 0 aliphatic carbocycles. The zero-order chi connectivity index (χ0) is 18.5. The number of hydrogen-bond acceptors (Lipinski definition) is 6. The van der Waals surface area contributed by atoms with Gasteiger partial charge in [0.1, 0.15) is 12.4 Å². The Bertz CT molecular complexity index is 932. The fraction of sp³-hybridized carbons (Fsp3) is 0.222. The Kier molecular flexibility index (Phi) is 5.12. The van der Waals surface area contributed by atoms with Gasteiger partial charge in [-0.05, 0) is 12.1 Å². The number of carbonyl (C=O) groups is 2. The van der Waals surface area contributed by atoms with Crippen LogP contribution in [-0.2, 0) is 11.4 Å². The van der Waals surface area contributed by atoms with Gasteiger partial charge < -0.3 is 19.5 Å². The summed E-state index contributed by atoms with van der Waals surface area (Å²) in [6.07, 6.45) is 3.46. The van der Waals surface area contributed by atoms with Gasteiger partial charge in [0.15, 0.2) is 11.5 Å². The van der Waals surface area contributed by atoms with E-state index in [1.54, 1.807) is 12.4 Å². The first kappa shape index (κ1) is 17.4. The normalized spacial score (nSPS) is 10.5.